The van der Waals surface area contributed by atoms with Crippen LogP contribution in [0.4, 0.5) is 0 Å². The van der Waals surface area contributed by atoms with Crippen LogP contribution in [0.1, 0.15) is 35.9 Å². The Bertz CT molecular complexity index is 339. The molecular formula is C10H14N2O3. The minimum Gasteiger partial charge on any atom is -0.480 e. The third-order valence-corrected chi connectivity index (χ3v) is 1.91. The molecule has 82 valence electrons. The van der Waals surface area contributed by atoms with Gasteiger partial charge in [0.25, 0.3) is 0 Å². The van der Waals surface area contributed by atoms with Gasteiger partial charge >= 0.3 is 0 Å². The molecule has 0 fully saturated rings. The van der Waals surface area contributed by atoms with E-state index in [0.29, 0.717) is 12.1 Å². The van der Waals surface area contributed by atoms with Crippen molar-refractivity contribution in [3.63, 3.8) is 0 Å². The molecule has 0 aliphatic rings. The number of methoxy groups -OCH3 is 2. The second kappa shape index (κ2) is 4.72. The first-order chi connectivity index (χ1) is 7.13. The average Bonchev–Trinajstić information content (AvgIpc) is 2.26. The van der Waals surface area contributed by atoms with Gasteiger partial charge in [-0.3, -0.25) is 4.79 Å². The Kier molecular flexibility index (Phi) is 3.60. The molecule has 0 aromatic carbocycles. The van der Waals surface area contributed by atoms with Crippen molar-refractivity contribution >= 4 is 6.29 Å². The molecule has 0 spiro atoms. The van der Waals surface area contributed by atoms with Crippen molar-refractivity contribution in [2.45, 2.75) is 19.8 Å². The quantitative estimate of drug-likeness (QED) is 0.703. The van der Waals surface area contributed by atoms with Gasteiger partial charge in [-0.1, -0.05) is 13.8 Å². The number of hydrogen-bond acceptors (Lipinski definition) is 5. The first-order valence-electron chi connectivity index (χ1n) is 4.59. The van der Waals surface area contributed by atoms with Gasteiger partial charge in [0, 0.05) is 5.92 Å². The lowest BCUT2D eigenvalue weighted by atomic mass is 10.2. The number of rotatable bonds is 4. The zero-order valence-corrected chi connectivity index (χ0v) is 9.27. The lowest BCUT2D eigenvalue weighted by Crippen LogP contribution is -2.06. The van der Waals surface area contributed by atoms with Crippen LogP contribution in [-0.2, 0) is 0 Å². The maximum absolute atomic E-state index is 10.8. The summed E-state index contributed by atoms with van der Waals surface area (Å²) in [6.07, 6.45) is 0.627. The van der Waals surface area contributed by atoms with Crippen LogP contribution < -0.4 is 9.47 Å². The molecule has 0 bridgehead atoms. The standard InChI is InChI=1S/C10H14N2O3/c1-6(2)8-11-9(14-3)7(5-13)10(12-8)15-4/h5-6H,1-4H3. The molecular weight excluding hydrogens is 196 g/mol. The van der Waals surface area contributed by atoms with Gasteiger partial charge in [0.05, 0.1) is 14.2 Å². The van der Waals surface area contributed by atoms with Crippen molar-refractivity contribution in [2.24, 2.45) is 0 Å². The number of carbonyl (C=O) groups is 1. The predicted octanol–water partition coefficient (Wildman–Crippen LogP) is 1.43. The molecule has 1 aromatic rings. The van der Waals surface area contributed by atoms with Gasteiger partial charge in [-0.15, -0.1) is 0 Å². The van der Waals surface area contributed by atoms with Crippen molar-refractivity contribution in [1.82, 2.24) is 9.97 Å². The number of hydrogen-bond donors (Lipinski definition) is 0. The lowest BCUT2D eigenvalue weighted by Gasteiger charge is -2.10. The highest BCUT2D eigenvalue weighted by molar-refractivity contribution is 5.81. The molecule has 1 rings (SSSR count). The van der Waals surface area contributed by atoms with Gasteiger partial charge in [-0.05, 0) is 0 Å². The van der Waals surface area contributed by atoms with E-state index in [0.717, 1.165) is 0 Å². The smallest absolute Gasteiger partial charge is 0.231 e. The first-order valence-corrected chi connectivity index (χ1v) is 4.59. The van der Waals surface area contributed by atoms with Crippen molar-refractivity contribution in [3.05, 3.63) is 11.4 Å². The Morgan fingerprint density at radius 1 is 1.13 bits per heavy atom. The van der Waals surface area contributed by atoms with Crippen LogP contribution in [0, 0.1) is 0 Å². The van der Waals surface area contributed by atoms with Crippen LogP contribution in [0.3, 0.4) is 0 Å². The Morgan fingerprint density at radius 3 is 1.87 bits per heavy atom. The van der Waals surface area contributed by atoms with Crippen LogP contribution in [0.25, 0.3) is 0 Å². The van der Waals surface area contributed by atoms with Crippen LogP contribution in [-0.4, -0.2) is 30.5 Å². The summed E-state index contributed by atoms with van der Waals surface area (Å²) in [5.74, 6) is 1.24. The van der Waals surface area contributed by atoms with Gasteiger partial charge in [0.1, 0.15) is 11.4 Å². The Hall–Kier alpha value is -1.65. The SMILES string of the molecule is COc1nc(C(C)C)nc(OC)c1C=O. The van der Waals surface area contributed by atoms with Crippen molar-refractivity contribution in [3.8, 4) is 11.8 Å². The van der Waals surface area contributed by atoms with E-state index in [1.165, 1.54) is 14.2 Å². The second-order valence-corrected chi connectivity index (χ2v) is 3.29. The van der Waals surface area contributed by atoms with Crippen LogP contribution in [0.5, 0.6) is 11.8 Å². The van der Waals surface area contributed by atoms with E-state index in [1.54, 1.807) is 0 Å². The topological polar surface area (TPSA) is 61.3 Å². The summed E-state index contributed by atoms with van der Waals surface area (Å²) in [4.78, 5) is 19.1. The number of aldehydes is 1. The second-order valence-electron chi connectivity index (χ2n) is 3.29. The summed E-state index contributed by atoms with van der Waals surface area (Å²) in [5, 5.41) is 0. The highest BCUT2D eigenvalue weighted by Crippen LogP contribution is 2.25. The van der Waals surface area contributed by atoms with Gasteiger partial charge in [0.2, 0.25) is 11.8 Å². The van der Waals surface area contributed by atoms with E-state index >= 15 is 0 Å². The molecule has 0 aliphatic heterocycles. The van der Waals surface area contributed by atoms with E-state index < -0.39 is 0 Å². The first kappa shape index (κ1) is 11.4. The maximum atomic E-state index is 10.8. The van der Waals surface area contributed by atoms with Crippen LogP contribution in [0.15, 0.2) is 0 Å². The molecule has 1 aromatic heterocycles. The van der Waals surface area contributed by atoms with E-state index in [9.17, 15) is 4.79 Å². The maximum Gasteiger partial charge on any atom is 0.231 e. The van der Waals surface area contributed by atoms with Crippen molar-refractivity contribution < 1.29 is 14.3 Å². The minimum absolute atomic E-state index is 0.147. The summed E-state index contributed by atoms with van der Waals surface area (Å²) in [6.45, 7) is 3.91. The zero-order chi connectivity index (χ0) is 11.4. The molecule has 15 heavy (non-hydrogen) atoms. The van der Waals surface area contributed by atoms with E-state index in [-0.39, 0.29) is 23.2 Å². The molecule has 0 unspecified atom stereocenters. The number of ether oxygens (including phenoxy) is 2. The zero-order valence-electron chi connectivity index (χ0n) is 9.27. The molecule has 5 heteroatoms. The molecule has 0 atom stereocenters. The van der Waals surface area contributed by atoms with Crippen LogP contribution in [0.2, 0.25) is 0 Å². The van der Waals surface area contributed by atoms with E-state index in [2.05, 4.69) is 9.97 Å². The number of carbonyl (C=O) groups excluding carboxylic acids is 1. The molecule has 0 saturated heterocycles. The van der Waals surface area contributed by atoms with E-state index in [1.807, 2.05) is 13.8 Å². The van der Waals surface area contributed by atoms with E-state index in [4.69, 9.17) is 9.47 Å². The molecule has 0 amide bonds. The van der Waals surface area contributed by atoms with Gasteiger partial charge in [-0.2, -0.15) is 9.97 Å². The summed E-state index contributed by atoms with van der Waals surface area (Å²) in [5.41, 5.74) is 0.240. The molecule has 0 radical (unpaired) electrons. The summed E-state index contributed by atoms with van der Waals surface area (Å²) in [6, 6.07) is 0. The highest BCUT2D eigenvalue weighted by Gasteiger charge is 2.16. The fourth-order valence-electron chi connectivity index (χ4n) is 1.12. The average molecular weight is 210 g/mol. The van der Waals surface area contributed by atoms with Crippen molar-refractivity contribution in [1.29, 1.82) is 0 Å². The Morgan fingerprint density at radius 2 is 1.60 bits per heavy atom. The largest absolute Gasteiger partial charge is 0.480 e. The fourth-order valence-corrected chi connectivity index (χ4v) is 1.12. The number of nitrogens with zero attached hydrogens (tertiary/aromatic N) is 2. The summed E-state index contributed by atoms with van der Waals surface area (Å²) < 4.78 is 10.0. The predicted molar refractivity (Wildman–Crippen MR) is 54.6 cm³/mol. The summed E-state index contributed by atoms with van der Waals surface area (Å²) >= 11 is 0. The van der Waals surface area contributed by atoms with Crippen LogP contribution >= 0.6 is 0 Å². The molecule has 1 heterocycles. The highest BCUT2D eigenvalue weighted by atomic mass is 16.5. The third kappa shape index (κ3) is 2.23. The Labute approximate surface area is 88.4 Å². The minimum atomic E-state index is 0.147. The molecule has 5 nitrogen and oxygen atoms in total. The van der Waals surface area contributed by atoms with Crippen molar-refractivity contribution in [2.75, 3.05) is 14.2 Å². The summed E-state index contributed by atoms with van der Waals surface area (Å²) in [7, 11) is 2.91. The van der Waals surface area contributed by atoms with Gasteiger partial charge in [-0.25, -0.2) is 0 Å². The molecule has 0 N–H and O–H groups in total. The Balaban J connectivity index is 3.35. The monoisotopic (exact) mass is 210 g/mol. The normalized spacial score (nSPS) is 10.2. The van der Waals surface area contributed by atoms with Gasteiger partial charge < -0.3 is 9.47 Å². The fraction of sp³-hybridized carbons (Fsp3) is 0.500. The number of aromatic nitrogens is 2. The lowest BCUT2D eigenvalue weighted by molar-refractivity contribution is 0.111. The molecule has 0 aliphatic carbocycles. The molecule has 0 saturated carbocycles. The van der Waals surface area contributed by atoms with Gasteiger partial charge in [0.15, 0.2) is 6.29 Å². The third-order valence-electron chi connectivity index (χ3n) is 1.91.